The van der Waals surface area contributed by atoms with Crippen molar-refractivity contribution in [3.05, 3.63) is 29.8 Å². The normalized spacial score (nSPS) is 19.5. The minimum atomic E-state index is 0.0246. The zero-order valence-electron chi connectivity index (χ0n) is 16.6. The minimum Gasteiger partial charge on any atom is -0.342 e. The minimum absolute atomic E-state index is 0.0246. The zero-order chi connectivity index (χ0) is 19.1. The molecule has 3 rings (SSSR count). The predicted octanol–water partition coefficient (Wildman–Crippen LogP) is 3.30. The number of hydrogen-bond donors (Lipinski definition) is 1. The molecule has 2 saturated heterocycles. The molecule has 2 aliphatic rings. The fourth-order valence-electron chi connectivity index (χ4n) is 4.11. The van der Waals surface area contributed by atoms with Crippen LogP contribution in [0.4, 0.5) is 5.69 Å². The molecule has 0 unspecified atom stereocenters. The van der Waals surface area contributed by atoms with Crippen molar-refractivity contribution in [1.29, 1.82) is 0 Å². The van der Waals surface area contributed by atoms with Gasteiger partial charge in [-0.2, -0.15) is 0 Å². The van der Waals surface area contributed by atoms with Crippen molar-refractivity contribution in [3.8, 4) is 0 Å². The molecule has 2 heterocycles. The third-order valence-corrected chi connectivity index (χ3v) is 5.87. The second kappa shape index (κ2) is 9.88. The zero-order valence-corrected chi connectivity index (χ0v) is 16.6. The van der Waals surface area contributed by atoms with E-state index < -0.39 is 0 Å². The predicted molar refractivity (Wildman–Crippen MR) is 109 cm³/mol. The lowest BCUT2D eigenvalue weighted by atomic mass is 9.95. The van der Waals surface area contributed by atoms with Gasteiger partial charge in [-0.05, 0) is 62.9 Å². The van der Waals surface area contributed by atoms with Crippen LogP contribution in [0, 0.1) is 5.92 Å². The standard InChI is InChI=1S/C22H33N3O2/c1-2-18-7-9-20(10-8-18)23-21(26)17-24-15-11-19(12-16-24)22(27)25-13-5-3-4-6-14-25/h7-10,19H,2-6,11-17H2,1H3,(H,23,26). The largest absolute Gasteiger partial charge is 0.342 e. The number of piperidine rings is 1. The van der Waals surface area contributed by atoms with Crippen LogP contribution in [-0.4, -0.2) is 54.3 Å². The van der Waals surface area contributed by atoms with E-state index in [4.69, 9.17) is 0 Å². The molecule has 2 amide bonds. The topological polar surface area (TPSA) is 52.7 Å². The van der Waals surface area contributed by atoms with E-state index in [2.05, 4.69) is 34.2 Å². The lowest BCUT2D eigenvalue weighted by molar-refractivity contribution is -0.137. The molecular weight excluding hydrogens is 338 g/mol. The van der Waals surface area contributed by atoms with Crippen molar-refractivity contribution >= 4 is 17.5 Å². The summed E-state index contributed by atoms with van der Waals surface area (Å²) in [6, 6.07) is 8.02. The summed E-state index contributed by atoms with van der Waals surface area (Å²) < 4.78 is 0. The molecule has 1 aromatic carbocycles. The molecule has 5 nitrogen and oxygen atoms in total. The molecule has 148 valence electrons. The lowest BCUT2D eigenvalue weighted by Gasteiger charge is -2.33. The Bertz CT molecular complexity index is 613. The van der Waals surface area contributed by atoms with E-state index in [0.29, 0.717) is 12.5 Å². The van der Waals surface area contributed by atoms with Crippen molar-refractivity contribution in [1.82, 2.24) is 9.80 Å². The monoisotopic (exact) mass is 371 g/mol. The molecule has 0 saturated carbocycles. The summed E-state index contributed by atoms with van der Waals surface area (Å²) in [5.74, 6) is 0.512. The van der Waals surface area contributed by atoms with Gasteiger partial charge in [-0.3, -0.25) is 14.5 Å². The van der Waals surface area contributed by atoms with Crippen molar-refractivity contribution in [3.63, 3.8) is 0 Å². The van der Waals surface area contributed by atoms with Crippen LogP contribution in [0.2, 0.25) is 0 Å². The van der Waals surface area contributed by atoms with Gasteiger partial charge >= 0.3 is 0 Å². The molecule has 27 heavy (non-hydrogen) atoms. The number of nitrogens with zero attached hydrogens (tertiary/aromatic N) is 2. The molecule has 0 aromatic heterocycles. The van der Waals surface area contributed by atoms with E-state index in [1.54, 1.807) is 0 Å². The Hall–Kier alpha value is -1.88. The van der Waals surface area contributed by atoms with Crippen LogP contribution in [-0.2, 0) is 16.0 Å². The Balaban J connectivity index is 1.41. The highest BCUT2D eigenvalue weighted by Crippen LogP contribution is 2.22. The molecule has 0 spiro atoms. The molecule has 5 heteroatoms. The second-order valence-electron chi connectivity index (χ2n) is 7.89. The summed E-state index contributed by atoms with van der Waals surface area (Å²) >= 11 is 0. The van der Waals surface area contributed by atoms with Gasteiger partial charge in [0.25, 0.3) is 0 Å². The molecular formula is C22H33N3O2. The first-order valence-corrected chi connectivity index (χ1v) is 10.6. The van der Waals surface area contributed by atoms with Crippen LogP contribution < -0.4 is 5.32 Å². The number of carbonyl (C=O) groups is 2. The van der Waals surface area contributed by atoms with Gasteiger partial charge in [-0.1, -0.05) is 31.9 Å². The summed E-state index contributed by atoms with van der Waals surface area (Å²) in [4.78, 5) is 29.3. The maximum absolute atomic E-state index is 12.8. The quantitative estimate of drug-likeness (QED) is 0.864. The fraction of sp³-hybridized carbons (Fsp3) is 0.636. The highest BCUT2D eigenvalue weighted by molar-refractivity contribution is 5.92. The average Bonchev–Trinajstić information content (AvgIpc) is 2.98. The number of carbonyl (C=O) groups excluding carboxylic acids is 2. The van der Waals surface area contributed by atoms with Crippen LogP contribution in [0.5, 0.6) is 0 Å². The Morgan fingerprint density at radius 2 is 1.59 bits per heavy atom. The van der Waals surface area contributed by atoms with E-state index in [1.807, 2.05) is 12.1 Å². The van der Waals surface area contributed by atoms with Crippen molar-refractivity contribution in [2.75, 3.05) is 38.0 Å². The number of anilines is 1. The smallest absolute Gasteiger partial charge is 0.238 e. The molecule has 2 aliphatic heterocycles. The van der Waals surface area contributed by atoms with E-state index in [1.165, 1.54) is 18.4 Å². The van der Waals surface area contributed by atoms with Crippen molar-refractivity contribution in [2.24, 2.45) is 5.92 Å². The summed E-state index contributed by atoms with van der Waals surface area (Å²) in [5.41, 5.74) is 2.12. The van der Waals surface area contributed by atoms with Crippen LogP contribution in [0.15, 0.2) is 24.3 Å². The van der Waals surface area contributed by atoms with E-state index in [0.717, 1.165) is 64.0 Å². The van der Waals surface area contributed by atoms with Gasteiger partial charge in [-0.25, -0.2) is 0 Å². The number of rotatable bonds is 5. The second-order valence-corrected chi connectivity index (χ2v) is 7.89. The number of aryl methyl sites for hydroxylation is 1. The average molecular weight is 372 g/mol. The Morgan fingerprint density at radius 3 is 2.19 bits per heavy atom. The van der Waals surface area contributed by atoms with Gasteiger partial charge in [-0.15, -0.1) is 0 Å². The van der Waals surface area contributed by atoms with Crippen LogP contribution in [0.1, 0.15) is 51.0 Å². The molecule has 0 radical (unpaired) electrons. The van der Waals surface area contributed by atoms with Crippen molar-refractivity contribution in [2.45, 2.75) is 51.9 Å². The first kappa shape index (κ1) is 19.9. The maximum Gasteiger partial charge on any atom is 0.238 e. The first-order valence-electron chi connectivity index (χ1n) is 10.6. The third kappa shape index (κ3) is 5.80. The molecule has 2 fully saturated rings. The van der Waals surface area contributed by atoms with Crippen LogP contribution >= 0.6 is 0 Å². The van der Waals surface area contributed by atoms with Gasteiger partial charge in [0.15, 0.2) is 0 Å². The summed E-state index contributed by atoms with van der Waals surface area (Å²) in [6.45, 7) is 6.03. The van der Waals surface area contributed by atoms with Gasteiger partial charge in [0.05, 0.1) is 6.54 Å². The SMILES string of the molecule is CCc1ccc(NC(=O)CN2CCC(C(=O)N3CCCCCC3)CC2)cc1. The summed E-state index contributed by atoms with van der Waals surface area (Å²) in [6.07, 6.45) is 7.52. The van der Waals surface area contributed by atoms with Crippen LogP contribution in [0.25, 0.3) is 0 Å². The van der Waals surface area contributed by atoms with Crippen LogP contribution in [0.3, 0.4) is 0 Å². The summed E-state index contributed by atoms with van der Waals surface area (Å²) in [5, 5.41) is 2.98. The van der Waals surface area contributed by atoms with Gasteiger partial charge < -0.3 is 10.2 Å². The number of likely N-dealkylation sites (tertiary alicyclic amines) is 2. The molecule has 0 aliphatic carbocycles. The highest BCUT2D eigenvalue weighted by atomic mass is 16.2. The summed E-state index contributed by atoms with van der Waals surface area (Å²) in [7, 11) is 0. The van der Waals surface area contributed by atoms with Gasteiger partial charge in [0.1, 0.15) is 0 Å². The Labute approximate surface area is 163 Å². The fourth-order valence-corrected chi connectivity index (χ4v) is 4.11. The highest BCUT2D eigenvalue weighted by Gasteiger charge is 2.29. The lowest BCUT2D eigenvalue weighted by Crippen LogP contribution is -2.44. The third-order valence-electron chi connectivity index (χ3n) is 5.87. The number of benzene rings is 1. The number of amides is 2. The molecule has 0 bridgehead atoms. The molecule has 1 N–H and O–H groups in total. The molecule has 0 atom stereocenters. The molecule has 1 aromatic rings. The first-order chi connectivity index (χ1) is 13.2. The Kier molecular flexibility index (Phi) is 7.27. The van der Waals surface area contributed by atoms with Gasteiger partial charge in [0, 0.05) is 24.7 Å². The maximum atomic E-state index is 12.8. The van der Waals surface area contributed by atoms with E-state index >= 15 is 0 Å². The Morgan fingerprint density at radius 1 is 0.963 bits per heavy atom. The van der Waals surface area contributed by atoms with Crippen molar-refractivity contribution < 1.29 is 9.59 Å². The van der Waals surface area contributed by atoms with E-state index in [-0.39, 0.29) is 11.8 Å². The number of hydrogen-bond acceptors (Lipinski definition) is 3. The number of nitrogens with one attached hydrogen (secondary N) is 1. The van der Waals surface area contributed by atoms with Gasteiger partial charge in [0.2, 0.25) is 11.8 Å². The van der Waals surface area contributed by atoms with E-state index in [9.17, 15) is 9.59 Å².